The van der Waals surface area contributed by atoms with Crippen LogP contribution in [0.4, 0.5) is 5.13 Å². The molecule has 3 amide bonds. The van der Waals surface area contributed by atoms with Gasteiger partial charge in [-0.3, -0.25) is 19.7 Å². The smallest absolute Gasteiger partial charge is 0.349 e. The van der Waals surface area contributed by atoms with E-state index >= 15 is 0 Å². The van der Waals surface area contributed by atoms with Gasteiger partial charge < -0.3 is 36.0 Å². The average Bonchev–Trinajstić information content (AvgIpc) is 3.40. The van der Waals surface area contributed by atoms with Crippen molar-refractivity contribution in [2.45, 2.75) is 24.8 Å². The van der Waals surface area contributed by atoms with Crippen LogP contribution < -0.4 is 22.1 Å². The van der Waals surface area contributed by atoms with Gasteiger partial charge in [-0.05, 0) is 24.6 Å². The van der Waals surface area contributed by atoms with Crippen LogP contribution >= 0.6 is 23.1 Å². The van der Waals surface area contributed by atoms with Crippen molar-refractivity contribution in [3.05, 3.63) is 57.4 Å². The van der Waals surface area contributed by atoms with Crippen LogP contribution in [0.2, 0.25) is 0 Å². The summed E-state index contributed by atoms with van der Waals surface area (Å²) in [5.74, 6) is -3.61. The highest BCUT2D eigenvalue weighted by molar-refractivity contribution is 8.04. The summed E-state index contributed by atoms with van der Waals surface area (Å²) in [5.41, 5.74) is 11.6. The molecule has 41 heavy (non-hydrogen) atoms. The minimum absolute atomic E-state index is 0.0819. The molecule has 0 radical (unpaired) electrons. The van der Waals surface area contributed by atoms with Crippen LogP contribution in [0.3, 0.4) is 0 Å². The number of carbonyl (C=O) groups is 5. The summed E-state index contributed by atoms with van der Waals surface area (Å²) in [6, 6.07) is 6.88. The van der Waals surface area contributed by atoms with Crippen LogP contribution in [-0.2, 0) is 33.5 Å². The van der Waals surface area contributed by atoms with E-state index in [2.05, 4.69) is 20.8 Å². The molecule has 6 N–H and O–H groups in total. The molecule has 1 fully saturated rings. The largest absolute Gasteiger partial charge is 0.402 e. The Hall–Kier alpha value is -4.48. The number of thioether (sulfide) groups is 1. The fraction of sp³-hybridized carbons (Fsp3) is 0.292. The van der Waals surface area contributed by atoms with E-state index in [9.17, 15) is 24.0 Å². The quantitative estimate of drug-likeness (QED) is 0.0889. The Morgan fingerprint density at radius 2 is 1.90 bits per heavy atom. The number of thiazole rings is 1. The fourth-order valence-electron chi connectivity index (χ4n) is 3.79. The van der Waals surface area contributed by atoms with Crippen molar-refractivity contribution in [3.63, 3.8) is 0 Å². The van der Waals surface area contributed by atoms with Crippen molar-refractivity contribution in [1.82, 2.24) is 20.5 Å². The van der Waals surface area contributed by atoms with Crippen LogP contribution in [0.5, 0.6) is 0 Å². The molecular weight excluding hydrogens is 578 g/mol. The molecule has 0 saturated carbocycles. The second-order valence-electron chi connectivity index (χ2n) is 8.51. The molecule has 216 valence electrons. The van der Waals surface area contributed by atoms with E-state index < -0.39 is 48.1 Å². The number of fused-ring (bicyclic) bond motifs is 1. The van der Waals surface area contributed by atoms with Crippen LogP contribution in [0.25, 0.3) is 0 Å². The normalized spacial score (nSPS) is 19.0. The number of anilines is 1. The molecule has 17 heteroatoms. The standard InChI is InChI=1S/C24H25N7O8S2/c1-11-9-31-19(34)16(29-18(33)15(30-37-2)13-10-40-23(26)27-13)20(31)41-17(11)22(36)39-24(28-14(32)8-25)38-21(35)12-6-4-3-5-7-12/h3-7,10,16,20,24H,8-9,25H2,1-2H3,(H2,26,27)(H,28,32)(H,29,33)/b30-15+/t16-,20+,24?/m1/s1. The molecule has 3 heterocycles. The van der Waals surface area contributed by atoms with Crippen LogP contribution in [0.1, 0.15) is 23.0 Å². The van der Waals surface area contributed by atoms with Gasteiger partial charge in [-0.15, -0.1) is 11.3 Å². The third kappa shape index (κ3) is 6.64. The van der Waals surface area contributed by atoms with Crippen LogP contribution in [0, 0.1) is 0 Å². The number of oxime groups is 1. The zero-order valence-corrected chi connectivity index (χ0v) is 23.3. The summed E-state index contributed by atoms with van der Waals surface area (Å²) in [4.78, 5) is 73.7. The van der Waals surface area contributed by atoms with E-state index in [-0.39, 0.29) is 39.5 Å². The maximum atomic E-state index is 13.2. The van der Waals surface area contributed by atoms with Gasteiger partial charge in [0, 0.05) is 11.9 Å². The molecule has 0 aliphatic carbocycles. The summed E-state index contributed by atoms with van der Waals surface area (Å²) in [7, 11) is 1.25. The van der Waals surface area contributed by atoms with E-state index in [0.717, 1.165) is 23.1 Å². The number of ether oxygens (including phenoxy) is 2. The Balaban J connectivity index is 1.46. The number of nitrogens with zero attached hydrogens (tertiary/aromatic N) is 3. The summed E-state index contributed by atoms with van der Waals surface area (Å²) >= 11 is 2.07. The lowest BCUT2D eigenvalue weighted by Crippen LogP contribution is -2.71. The number of carbonyl (C=O) groups excluding carboxylic acids is 5. The lowest BCUT2D eigenvalue weighted by molar-refractivity contribution is -0.170. The number of benzene rings is 1. The Morgan fingerprint density at radius 1 is 1.20 bits per heavy atom. The minimum Gasteiger partial charge on any atom is -0.402 e. The highest BCUT2D eigenvalue weighted by Gasteiger charge is 2.52. The van der Waals surface area contributed by atoms with Crippen molar-refractivity contribution < 1.29 is 38.3 Å². The minimum atomic E-state index is -1.78. The van der Waals surface area contributed by atoms with Gasteiger partial charge in [-0.25, -0.2) is 14.6 Å². The highest BCUT2D eigenvalue weighted by Crippen LogP contribution is 2.41. The van der Waals surface area contributed by atoms with Gasteiger partial charge in [-0.2, -0.15) is 0 Å². The lowest BCUT2D eigenvalue weighted by Gasteiger charge is -2.49. The van der Waals surface area contributed by atoms with Gasteiger partial charge in [0.1, 0.15) is 24.2 Å². The van der Waals surface area contributed by atoms with Gasteiger partial charge >= 0.3 is 18.4 Å². The Labute approximate surface area is 241 Å². The predicted octanol–water partition coefficient (Wildman–Crippen LogP) is -0.492. The molecule has 1 unspecified atom stereocenters. The fourth-order valence-corrected chi connectivity index (χ4v) is 5.62. The Bertz CT molecular complexity index is 1430. The SMILES string of the molecule is CO/N=C(/C(=O)N[C@@H]1C(=O)N2CC(C)=C(C(=O)OC(NC(=O)CN)OC(=O)c3ccccc3)S[C@@H]12)c1csc(N)n1. The summed E-state index contributed by atoms with van der Waals surface area (Å²) in [6.07, 6.45) is -1.78. The van der Waals surface area contributed by atoms with E-state index in [1.165, 1.54) is 29.5 Å². The predicted molar refractivity (Wildman–Crippen MR) is 147 cm³/mol. The molecule has 15 nitrogen and oxygen atoms in total. The zero-order valence-electron chi connectivity index (χ0n) is 21.7. The van der Waals surface area contributed by atoms with E-state index in [0.29, 0.717) is 5.57 Å². The second-order valence-corrected chi connectivity index (χ2v) is 10.5. The first kappa shape index (κ1) is 29.5. The zero-order chi connectivity index (χ0) is 29.7. The molecule has 1 aromatic carbocycles. The monoisotopic (exact) mass is 603 g/mol. The number of nitrogens with one attached hydrogen (secondary N) is 2. The van der Waals surface area contributed by atoms with Crippen molar-refractivity contribution >= 4 is 63.6 Å². The molecule has 2 aliphatic heterocycles. The number of hydrogen-bond acceptors (Lipinski definition) is 14. The van der Waals surface area contributed by atoms with Gasteiger partial charge in [0.15, 0.2) is 10.8 Å². The third-order valence-corrected chi connectivity index (χ3v) is 7.90. The average molecular weight is 604 g/mol. The van der Waals surface area contributed by atoms with E-state index in [1.807, 2.05) is 0 Å². The number of rotatable bonds is 10. The summed E-state index contributed by atoms with van der Waals surface area (Å²) < 4.78 is 10.5. The molecule has 2 aromatic rings. The number of amides is 3. The Kier molecular flexibility index (Phi) is 9.21. The number of β-lactam (4-membered cyclic amide) rings is 1. The van der Waals surface area contributed by atoms with Crippen molar-refractivity contribution in [2.24, 2.45) is 10.9 Å². The first-order valence-corrected chi connectivity index (χ1v) is 13.7. The van der Waals surface area contributed by atoms with E-state index in [4.69, 9.17) is 25.8 Å². The lowest BCUT2D eigenvalue weighted by atomic mass is 10.0. The number of esters is 2. The molecule has 1 saturated heterocycles. The van der Waals surface area contributed by atoms with Crippen molar-refractivity contribution in [1.29, 1.82) is 0 Å². The highest BCUT2D eigenvalue weighted by atomic mass is 32.2. The molecule has 1 aromatic heterocycles. The number of nitrogens with two attached hydrogens (primary N) is 2. The number of hydrogen-bond donors (Lipinski definition) is 4. The number of aromatic nitrogens is 1. The van der Waals surface area contributed by atoms with Gasteiger partial charge in [0.2, 0.25) is 11.8 Å². The van der Waals surface area contributed by atoms with Crippen LogP contribution in [0.15, 0.2) is 51.3 Å². The van der Waals surface area contributed by atoms with Gasteiger partial charge in [0.05, 0.1) is 17.0 Å². The Morgan fingerprint density at radius 3 is 2.54 bits per heavy atom. The molecule has 0 spiro atoms. The van der Waals surface area contributed by atoms with Crippen molar-refractivity contribution in [2.75, 3.05) is 25.9 Å². The first-order chi connectivity index (χ1) is 19.6. The molecule has 2 aliphatic rings. The third-order valence-electron chi connectivity index (χ3n) is 5.71. The van der Waals surface area contributed by atoms with Gasteiger partial charge in [-0.1, -0.05) is 35.1 Å². The number of nitrogen functional groups attached to an aromatic ring is 1. The maximum Gasteiger partial charge on any atom is 0.349 e. The molecule has 3 atom stereocenters. The summed E-state index contributed by atoms with van der Waals surface area (Å²) in [5, 5.41) is 9.60. The summed E-state index contributed by atoms with van der Waals surface area (Å²) in [6.45, 7) is 1.26. The maximum absolute atomic E-state index is 13.2. The topological polar surface area (TPSA) is 218 Å². The second kappa shape index (κ2) is 12.8. The molecule has 4 rings (SSSR count). The van der Waals surface area contributed by atoms with Gasteiger partial charge in [0.25, 0.3) is 5.91 Å². The van der Waals surface area contributed by atoms with E-state index in [1.54, 1.807) is 25.1 Å². The van der Waals surface area contributed by atoms with Crippen molar-refractivity contribution in [3.8, 4) is 0 Å². The van der Waals surface area contributed by atoms with Crippen LogP contribution in [-0.4, -0.2) is 83.3 Å². The first-order valence-electron chi connectivity index (χ1n) is 11.9. The molecular formula is C24H25N7O8S2. The molecule has 0 bridgehead atoms.